The summed E-state index contributed by atoms with van der Waals surface area (Å²) in [7, 11) is 0. The predicted molar refractivity (Wildman–Crippen MR) is 72.0 cm³/mol. The molecule has 0 bridgehead atoms. The number of rotatable bonds is 4. The number of hydrogen-bond donors (Lipinski definition) is 1. The highest BCUT2D eigenvalue weighted by Crippen LogP contribution is 2.25. The van der Waals surface area contributed by atoms with E-state index in [0.717, 1.165) is 12.0 Å². The van der Waals surface area contributed by atoms with Crippen molar-refractivity contribution < 1.29 is 4.39 Å². The number of aromatic nitrogens is 1. The van der Waals surface area contributed by atoms with Crippen molar-refractivity contribution in [2.45, 2.75) is 25.4 Å². The van der Waals surface area contributed by atoms with Gasteiger partial charge in [0.15, 0.2) is 0 Å². The smallest absolute Gasteiger partial charge is 0.123 e. The van der Waals surface area contributed by atoms with Crippen molar-refractivity contribution in [2.24, 2.45) is 5.73 Å². The van der Waals surface area contributed by atoms with Crippen LogP contribution in [0.2, 0.25) is 0 Å². The van der Waals surface area contributed by atoms with Gasteiger partial charge in [-0.05, 0) is 36.2 Å². The first-order chi connectivity index (χ1) is 9.17. The minimum atomic E-state index is -0.295. The molecule has 0 aliphatic carbocycles. The molecule has 0 saturated carbocycles. The maximum atomic E-state index is 13.4. The fraction of sp³-hybridized carbons (Fsp3) is 0.267. The second-order valence-corrected chi connectivity index (χ2v) is 4.48. The molecule has 2 rings (SSSR count). The number of nitrogens with zero attached hydrogens (tertiary/aromatic N) is 2. The summed E-state index contributed by atoms with van der Waals surface area (Å²) in [6.45, 7) is 1.98. The molecule has 1 aromatic carbocycles. The quantitative estimate of drug-likeness (QED) is 0.915. The zero-order chi connectivity index (χ0) is 13.8. The van der Waals surface area contributed by atoms with Crippen LogP contribution >= 0.6 is 0 Å². The predicted octanol–water partition coefficient (Wildman–Crippen LogP) is 2.83. The molecule has 0 spiro atoms. The average molecular weight is 257 g/mol. The highest BCUT2D eigenvalue weighted by atomic mass is 19.1. The summed E-state index contributed by atoms with van der Waals surface area (Å²) in [5.41, 5.74) is 7.47. The number of nitrogens with two attached hydrogens (primary N) is 1. The van der Waals surface area contributed by atoms with Gasteiger partial charge in [-0.1, -0.05) is 19.1 Å². The van der Waals surface area contributed by atoms with Crippen LogP contribution in [-0.4, -0.2) is 10.6 Å². The molecule has 0 aliphatic heterocycles. The van der Waals surface area contributed by atoms with Crippen LogP contribution in [0.4, 0.5) is 4.39 Å². The van der Waals surface area contributed by atoms with Gasteiger partial charge in [-0.3, -0.25) is 0 Å². The van der Waals surface area contributed by atoms with E-state index in [4.69, 9.17) is 11.0 Å². The van der Waals surface area contributed by atoms with Crippen molar-refractivity contribution in [2.75, 3.05) is 0 Å². The molecule has 19 heavy (non-hydrogen) atoms. The summed E-state index contributed by atoms with van der Waals surface area (Å²) >= 11 is 0. The van der Waals surface area contributed by atoms with Crippen LogP contribution in [0.1, 0.15) is 30.6 Å². The largest absolute Gasteiger partial charge is 0.330 e. The van der Waals surface area contributed by atoms with Gasteiger partial charge in [0.2, 0.25) is 0 Å². The summed E-state index contributed by atoms with van der Waals surface area (Å²) < 4.78 is 15.2. The number of halogens is 1. The van der Waals surface area contributed by atoms with E-state index >= 15 is 0 Å². The highest BCUT2D eigenvalue weighted by molar-refractivity contribution is 5.29. The monoisotopic (exact) mass is 257 g/mol. The Labute approximate surface area is 112 Å². The molecule has 0 radical (unpaired) electrons. The normalized spacial score (nSPS) is 13.8. The summed E-state index contributed by atoms with van der Waals surface area (Å²) in [6.07, 6.45) is 2.55. The van der Waals surface area contributed by atoms with Gasteiger partial charge in [-0.2, -0.15) is 5.26 Å². The molecule has 3 nitrogen and oxygen atoms in total. The van der Waals surface area contributed by atoms with Crippen molar-refractivity contribution in [1.29, 1.82) is 5.26 Å². The Kier molecular flexibility index (Phi) is 3.98. The zero-order valence-electron chi connectivity index (χ0n) is 10.8. The van der Waals surface area contributed by atoms with Crippen molar-refractivity contribution in [3.63, 3.8) is 0 Å². The molecule has 4 heteroatoms. The van der Waals surface area contributed by atoms with Crippen LogP contribution < -0.4 is 5.73 Å². The van der Waals surface area contributed by atoms with Crippen molar-refractivity contribution >= 4 is 0 Å². The lowest BCUT2D eigenvalue weighted by molar-refractivity contribution is 0.455. The van der Waals surface area contributed by atoms with Crippen LogP contribution in [0.25, 0.3) is 0 Å². The van der Waals surface area contributed by atoms with Crippen LogP contribution in [0.3, 0.4) is 0 Å². The minimum absolute atomic E-state index is 0.179. The van der Waals surface area contributed by atoms with Gasteiger partial charge in [0.25, 0.3) is 0 Å². The highest BCUT2D eigenvalue weighted by Gasteiger charge is 2.22. The Morgan fingerprint density at radius 2 is 2.16 bits per heavy atom. The van der Waals surface area contributed by atoms with Crippen LogP contribution in [0, 0.1) is 17.1 Å². The maximum absolute atomic E-state index is 13.4. The Bertz CT molecular complexity index is 597. The maximum Gasteiger partial charge on any atom is 0.123 e. The summed E-state index contributed by atoms with van der Waals surface area (Å²) in [5, 5.41) is 9.13. The van der Waals surface area contributed by atoms with E-state index < -0.39 is 0 Å². The van der Waals surface area contributed by atoms with Gasteiger partial charge >= 0.3 is 0 Å². The Morgan fingerprint density at radius 1 is 1.37 bits per heavy atom. The minimum Gasteiger partial charge on any atom is -0.330 e. The van der Waals surface area contributed by atoms with E-state index in [0.29, 0.717) is 5.69 Å². The van der Waals surface area contributed by atoms with Crippen LogP contribution in [-0.2, 0) is 0 Å². The van der Waals surface area contributed by atoms with Crippen LogP contribution in [0.15, 0.2) is 42.6 Å². The van der Waals surface area contributed by atoms with E-state index in [1.165, 1.54) is 12.1 Å². The van der Waals surface area contributed by atoms with Crippen LogP contribution in [0.5, 0.6) is 0 Å². The fourth-order valence-electron chi connectivity index (χ4n) is 2.26. The van der Waals surface area contributed by atoms with E-state index in [2.05, 4.69) is 6.07 Å². The van der Waals surface area contributed by atoms with Gasteiger partial charge < -0.3 is 10.3 Å². The third-order valence-corrected chi connectivity index (χ3v) is 3.26. The van der Waals surface area contributed by atoms with Crippen molar-refractivity contribution in [3.8, 4) is 6.07 Å². The molecule has 0 saturated heterocycles. The Morgan fingerprint density at radius 3 is 2.79 bits per heavy atom. The van der Waals surface area contributed by atoms with Gasteiger partial charge in [0, 0.05) is 12.2 Å². The first kappa shape index (κ1) is 13.3. The molecule has 1 heterocycles. The summed E-state index contributed by atoms with van der Waals surface area (Å²) in [4.78, 5) is 0. The molecule has 1 aromatic heterocycles. The van der Waals surface area contributed by atoms with E-state index in [1.807, 2.05) is 23.8 Å². The molecular formula is C15H16FN3. The first-order valence-electron chi connectivity index (χ1n) is 6.25. The number of hydrogen-bond acceptors (Lipinski definition) is 2. The second kappa shape index (κ2) is 5.68. The standard InChI is InChI=1S/C15H16FN3/c1-2-14(18)15(11-5-3-6-12(16)9-11)19-8-4-7-13(19)10-17/h3-9,14-15H,2,18H2,1H3. The number of benzene rings is 1. The molecule has 2 N–H and O–H groups in total. The lowest BCUT2D eigenvalue weighted by atomic mass is 9.97. The number of nitriles is 1. The summed E-state index contributed by atoms with van der Waals surface area (Å²) in [5.74, 6) is -0.295. The van der Waals surface area contributed by atoms with Crippen molar-refractivity contribution in [3.05, 3.63) is 59.7 Å². The molecular weight excluding hydrogens is 241 g/mol. The average Bonchev–Trinajstić information content (AvgIpc) is 2.87. The Hall–Kier alpha value is -2.12. The molecule has 98 valence electrons. The molecule has 2 unspecified atom stereocenters. The third kappa shape index (κ3) is 2.67. The van der Waals surface area contributed by atoms with E-state index in [9.17, 15) is 4.39 Å². The van der Waals surface area contributed by atoms with Gasteiger partial charge in [-0.15, -0.1) is 0 Å². The lowest BCUT2D eigenvalue weighted by Crippen LogP contribution is -2.32. The molecule has 2 atom stereocenters. The van der Waals surface area contributed by atoms with Gasteiger partial charge in [-0.25, -0.2) is 4.39 Å². The van der Waals surface area contributed by atoms with E-state index in [1.54, 1.807) is 18.2 Å². The zero-order valence-corrected chi connectivity index (χ0v) is 10.8. The molecule has 0 aliphatic rings. The van der Waals surface area contributed by atoms with Gasteiger partial charge in [0.1, 0.15) is 17.6 Å². The molecule has 2 aromatic rings. The molecule has 0 amide bonds. The fourth-order valence-corrected chi connectivity index (χ4v) is 2.26. The summed E-state index contributed by atoms with van der Waals surface area (Å²) in [6, 6.07) is 11.6. The first-order valence-corrected chi connectivity index (χ1v) is 6.25. The second-order valence-electron chi connectivity index (χ2n) is 4.48. The Balaban J connectivity index is 2.51. The topological polar surface area (TPSA) is 54.7 Å². The lowest BCUT2D eigenvalue weighted by Gasteiger charge is -2.26. The van der Waals surface area contributed by atoms with Gasteiger partial charge in [0.05, 0.1) is 6.04 Å². The third-order valence-electron chi connectivity index (χ3n) is 3.26. The van der Waals surface area contributed by atoms with E-state index in [-0.39, 0.29) is 17.9 Å². The molecule has 0 fully saturated rings. The SMILES string of the molecule is CCC(N)C(c1cccc(F)c1)n1cccc1C#N. The van der Waals surface area contributed by atoms with Crippen molar-refractivity contribution in [1.82, 2.24) is 4.57 Å².